The average molecular weight is 202 g/mol. The average Bonchev–Trinajstić information content (AvgIpc) is 2.26. The molecule has 0 N–H and O–H groups in total. The van der Waals surface area contributed by atoms with Crippen LogP contribution < -0.4 is 0 Å². The van der Waals surface area contributed by atoms with Crippen molar-refractivity contribution in [1.82, 2.24) is 0 Å². The predicted octanol–water partition coefficient (Wildman–Crippen LogP) is 4.32. The third-order valence-electron chi connectivity index (χ3n) is 2.01. The Bertz CT molecular complexity index is 262. The number of rotatable bonds is 5. The van der Waals surface area contributed by atoms with Crippen molar-refractivity contribution in [3.8, 4) is 23.7 Å². The van der Waals surface area contributed by atoms with Crippen molar-refractivity contribution >= 4 is 0 Å². The van der Waals surface area contributed by atoms with Crippen molar-refractivity contribution in [2.75, 3.05) is 0 Å². The van der Waals surface area contributed by atoms with Gasteiger partial charge in [-0.1, -0.05) is 56.8 Å². The van der Waals surface area contributed by atoms with Gasteiger partial charge in [-0.05, 0) is 25.0 Å². The molecule has 0 aliphatic heterocycles. The van der Waals surface area contributed by atoms with Gasteiger partial charge in [-0.3, -0.25) is 0 Å². The van der Waals surface area contributed by atoms with E-state index in [9.17, 15) is 0 Å². The smallest absolute Gasteiger partial charge is 0.00922 e. The fraction of sp³-hybridized carbons (Fsp3) is 0.600. The monoisotopic (exact) mass is 202 g/mol. The van der Waals surface area contributed by atoms with Gasteiger partial charge in [-0.25, -0.2) is 0 Å². The highest BCUT2D eigenvalue weighted by Crippen LogP contribution is 1.96. The van der Waals surface area contributed by atoms with E-state index < -0.39 is 0 Å². The highest BCUT2D eigenvalue weighted by molar-refractivity contribution is 5.24. The molecule has 0 nitrogen and oxygen atoms in total. The molecule has 0 bridgehead atoms. The first-order valence-corrected chi connectivity index (χ1v) is 6.03. The van der Waals surface area contributed by atoms with Gasteiger partial charge in [0.25, 0.3) is 0 Å². The highest BCUT2D eigenvalue weighted by Gasteiger charge is 1.79. The van der Waals surface area contributed by atoms with Crippen LogP contribution in [0, 0.1) is 23.7 Å². The summed E-state index contributed by atoms with van der Waals surface area (Å²) in [5.41, 5.74) is 0. The van der Waals surface area contributed by atoms with Crippen molar-refractivity contribution in [2.24, 2.45) is 0 Å². The maximum atomic E-state index is 3.12. The summed E-state index contributed by atoms with van der Waals surface area (Å²) >= 11 is 0. The number of allylic oxidation sites excluding steroid dienone is 2. The summed E-state index contributed by atoms with van der Waals surface area (Å²) in [6.45, 7) is 4.39. The van der Waals surface area contributed by atoms with Gasteiger partial charge in [0.05, 0.1) is 0 Å². The van der Waals surface area contributed by atoms with E-state index in [-0.39, 0.29) is 0 Å². The van der Waals surface area contributed by atoms with Crippen molar-refractivity contribution < 1.29 is 0 Å². The minimum absolute atomic E-state index is 1.00. The molecular formula is C15H22. The first-order chi connectivity index (χ1) is 7.41. The Morgan fingerprint density at radius 2 is 1.27 bits per heavy atom. The molecule has 15 heavy (non-hydrogen) atoms. The molecule has 0 spiro atoms. The minimum Gasteiger partial charge on any atom is -0.0985 e. The molecule has 0 fully saturated rings. The molecule has 0 rings (SSSR count). The van der Waals surface area contributed by atoms with Crippen LogP contribution in [0.15, 0.2) is 12.2 Å². The van der Waals surface area contributed by atoms with Gasteiger partial charge in [-0.15, -0.1) is 0 Å². The normalized spacial score (nSPS) is 9.20. The molecule has 0 heterocycles. The van der Waals surface area contributed by atoms with E-state index in [0.29, 0.717) is 0 Å². The lowest BCUT2D eigenvalue weighted by atomic mass is 10.2. The number of unbranched alkanes of at least 4 members (excludes halogenated alkanes) is 5. The van der Waals surface area contributed by atoms with Crippen molar-refractivity contribution in [2.45, 2.75) is 58.8 Å². The molecule has 0 unspecified atom stereocenters. The van der Waals surface area contributed by atoms with Crippen LogP contribution >= 0.6 is 0 Å². The molecule has 0 aliphatic carbocycles. The number of hydrogen-bond donors (Lipinski definition) is 0. The van der Waals surface area contributed by atoms with E-state index in [2.05, 4.69) is 37.5 Å². The van der Waals surface area contributed by atoms with E-state index in [1.54, 1.807) is 0 Å². The molecule has 0 saturated heterocycles. The van der Waals surface area contributed by atoms with E-state index in [4.69, 9.17) is 0 Å². The first kappa shape index (κ1) is 13.9. The summed E-state index contributed by atoms with van der Waals surface area (Å²) in [5, 5.41) is 0. The minimum atomic E-state index is 1.00. The molecule has 0 aromatic heterocycles. The van der Waals surface area contributed by atoms with Crippen molar-refractivity contribution in [3.05, 3.63) is 12.2 Å². The lowest BCUT2D eigenvalue weighted by molar-refractivity contribution is 0.737. The molecule has 0 amide bonds. The SMILES string of the molecule is CCCCC#C/C=C/C#CCCCCC. The maximum absolute atomic E-state index is 3.12. The largest absolute Gasteiger partial charge is 0.0985 e. The summed E-state index contributed by atoms with van der Waals surface area (Å²) < 4.78 is 0. The standard InChI is InChI=1S/C15H22/c1-3-5-7-9-11-13-15-14-12-10-8-6-4-2/h14-15H,3-9H2,1-2H3/b15-14+. The van der Waals surface area contributed by atoms with Crippen molar-refractivity contribution in [3.63, 3.8) is 0 Å². The lowest BCUT2D eigenvalue weighted by Gasteiger charge is -1.87. The molecule has 0 aromatic carbocycles. The second-order valence-corrected chi connectivity index (χ2v) is 3.54. The van der Waals surface area contributed by atoms with Gasteiger partial charge in [-0.2, -0.15) is 0 Å². The number of hydrogen-bond acceptors (Lipinski definition) is 0. The van der Waals surface area contributed by atoms with Gasteiger partial charge in [0.15, 0.2) is 0 Å². The summed E-state index contributed by atoms with van der Waals surface area (Å²) in [5.74, 6) is 12.2. The second-order valence-electron chi connectivity index (χ2n) is 3.54. The molecule has 0 radical (unpaired) electrons. The fourth-order valence-electron chi connectivity index (χ4n) is 1.07. The van der Waals surface area contributed by atoms with Gasteiger partial charge < -0.3 is 0 Å². The molecule has 0 aliphatic rings. The molecule has 0 heteroatoms. The van der Waals surface area contributed by atoms with E-state index >= 15 is 0 Å². The van der Waals surface area contributed by atoms with Crippen molar-refractivity contribution in [1.29, 1.82) is 0 Å². The zero-order valence-electron chi connectivity index (χ0n) is 10.1. The molecular weight excluding hydrogens is 180 g/mol. The Morgan fingerprint density at radius 1 is 0.733 bits per heavy atom. The first-order valence-electron chi connectivity index (χ1n) is 6.03. The Kier molecular flexibility index (Phi) is 11.9. The summed E-state index contributed by atoms with van der Waals surface area (Å²) in [7, 11) is 0. The Labute approximate surface area is 95.2 Å². The van der Waals surface area contributed by atoms with Crippen LogP contribution in [0.5, 0.6) is 0 Å². The molecule has 0 aromatic rings. The molecule has 82 valence electrons. The van der Waals surface area contributed by atoms with Crippen LogP contribution in [0.1, 0.15) is 58.8 Å². The van der Waals surface area contributed by atoms with Gasteiger partial charge in [0.2, 0.25) is 0 Å². The molecule has 0 saturated carbocycles. The van der Waals surface area contributed by atoms with Crippen LogP contribution in [0.25, 0.3) is 0 Å². The summed E-state index contributed by atoms with van der Waals surface area (Å²) in [6.07, 6.45) is 11.9. The zero-order chi connectivity index (χ0) is 11.2. The lowest BCUT2D eigenvalue weighted by Crippen LogP contribution is -1.70. The van der Waals surface area contributed by atoms with E-state index in [0.717, 1.165) is 12.8 Å². The molecule has 0 atom stereocenters. The Balaban J connectivity index is 3.45. The fourth-order valence-corrected chi connectivity index (χ4v) is 1.07. The third kappa shape index (κ3) is 12.9. The Hall–Kier alpha value is -1.14. The van der Waals surface area contributed by atoms with Crippen LogP contribution in [-0.4, -0.2) is 0 Å². The van der Waals surface area contributed by atoms with Gasteiger partial charge >= 0.3 is 0 Å². The van der Waals surface area contributed by atoms with Gasteiger partial charge in [0, 0.05) is 12.8 Å². The van der Waals surface area contributed by atoms with Gasteiger partial charge in [0.1, 0.15) is 0 Å². The Morgan fingerprint density at radius 3 is 1.80 bits per heavy atom. The third-order valence-corrected chi connectivity index (χ3v) is 2.01. The van der Waals surface area contributed by atoms with E-state index in [1.165, 1.54) is 32.1 Å². The van der Waals surface area contributed by atoms with Crippen LogP contribution in [-0.2, 0) is 0 Å². The zero-order valence-corrected chi connectivity index (χ0v) is 10.1. The summed E-state index contributed by atoms with van der Waals surface area (Å²) in [4.78, 5) is 0. The quantitative estimate of drug-likeness (QED) is 0.460. The summed E-state index contributed by atoms with van der Waals surface area (Å²) in [6, 6.07) is 0. The van der Waals surface area contributed by atoms with Crippen LogP contribution in [0.3, 0.4) is 0 Å². The predicted molar refractivity (Wildman–Crippen MR) is 68.4 cm³/mol. The van der Waals surface area contributed by atoms with Crippen LogP contribution in [0.4, 0.5) is 0 Å². The maximum Gasteiger partial charge on any atom is 0.00922 e. The van der Waals surface area contributed by atoms with E-state index in [1.807, 2.05) is 12.2 Å². The van der Waals surface area contributed by atoms with Crippen LogP contribution in [0.2, 0.25) is 0 Å². The topological polar surface area (TPSA) is 0 Å². The second kappa shape index (κ2) is 12.9. The highest BCUT2D eigenvalue weighted by atomic mass is 13.8.